The summed E-state index contributed by atoms with van der Waals surface area (Å²) in [5, 5.41) is 6.34. The van der Waals surface area contributed by atoms with E-state index in [-0.39, 0.29) is 24.3 Å². The lowest BCUT2D eigenvalue weighted by atomic mass is 10.1. The molecular weight excluding hydrogens is 331 g/mol. The molecule has 1 unspecified atom stereocenters. The molecule has 0 aliphatic heterocycles. The SMILES string of the molecule is COc1cc(Cl)c(C)cc1NC(=O)CNC(C)c1ccccc1F. The number of ether oxygens (including phenoxy) is 1. The summed E-state index contributed by atoms with van der Waals surface area (Å²) in [5.41, 5.74) is 1.90. The number of rotatable bonds is 6. The number of benzene rings is 2. The van der Waals surface area contributed by atoms with Crippen LogP contribution in [0, 0.1) is 12.7 Å². The van der Waals surface area contributed by atoms with Crippen LogP contribution in [0.25, 0.3) is 0 Å². The molecule has 0 bridgehead atoms. The molecule has 1 atom stereocenters. The number of hydrogen-bond donors (Lipinski definition) is 2. The average molecular weight is 351 g/mol. The molecule has 24 heavy (non-hydrogen) atoms. The monoisotopic (exact) mass is 350 g/mol. The van der Waals surface area contributed by atoms with Crippen molar-refractivity contribution >= 4 is 23.2 Å². The van der Waals surface area contributed by atoms with Crippen molar-refractivity contribution in [3.63, 3.8) is 0 Å². The number of carbonyl (C=O) groups is 1. The molecule has 0 spiro atoms. The summed E-state index contributed by atoms with van der Waals surface area (Å²) in [6.07, 6.45) is 0. The summed E-state index contributed by atoms with van der Waals surface area (Å²) in [5.74, 6) is -0.0628. The molecular formula is C18H20ClFN2O2. The van der Waals surface area contributed by atoms with Crippen LogP contribution < -0.4 is 15.4 Å². The lowest BCUT2D eigenvalue weighted by Gasteiger charge is -2.16. The van der Waals surface area contributed by atoms with Gasteiger partial charge in [-0.1, -0.05) is 29.8 Å². The van der Waals surface area contributed by atoms with E-state index >= 15 is 0 Å². The lowest BCUT2D eigenvalue weighted by molar-refractivity contribution is -0.115. The van der Waals surface area contributed by atoms with Crippen molar-refractivity contribution in [2.45, 2.75) is 19.9 Å². The van der Waals surface area contributed by atoms with E-state index in [1.807, 2.05) is 6.92 Å². The van der Waals surface area contributed by atoms with Gasteiger partial charge in [-0.25, -0.2) is 4.39 Å². The highest BCUT2D eigenvalue weighted by Crippen LogP contribution is 2.30. The van der Waals surface area contributed by atoms with Gasteiger partial charge in [0.25, 0.3) is 0 Å². The molecule has 0 saturated heterocycles. The minimum atomic E-state index is -0.298. The second-order valence-electron chi connectivity index (χ2n) is 5.47. The Morgan fingerprint density at radius 2 is 2.04 bits per heavy atom. The zero-order chi connectivity index (χ0) is 17.7. The number of nitrogens with one attached hydrogen (secondary N) is 2. The second-order valence-corrected chi connectivity index (χ2v) is 5.88. The Hall–Kier alpha value is -2.11. The third-order valence-electron chi connectivity index (χ3n) is 3.70. The van der Waals surface area contributed by atoms with Gasteiger partial charge in [0.15, 0.2) is 0 Å². The molecule has 0 saturated carbocycles. The van der Waals surface area contributed by atoms with Crippen molar-refractivity contribution in [1.82, 2.24) is 5.32 Å². The average Bonchev–Trinajstić information content (AvgIpc) is 2.56. The van der Waals surface area contributed by atoms with Gasteiger partial charge in [-0.2, -0.15) is 0 Å². The zero-order valence-corrected chi connectivity index (χ0v) is 14.6. The fourth-order valence-electron chi connectivity index (χ4n) is 2.31. The van der Waals surface area contributed by atoms with Crippen molar-refractivity contribution in [3.8, 4) is 5.75 Å². The first-order valence-electron chi connectivity index (χ1n) is 7.54. The van der Waals surface area contributed by atoms with Crippen LogP contribution in [0.3, 0.4) is 0 Å². The molecule has 0 radical (unpaired) electrons. The number of halogens is 2. The standard InChI is InChI=1S/C18H20ClFN2O2/c1-11-8-16(17(24-3)9-14(11)19)22-18(23)10-21-12(2)13-6-4-5-7-15(13)20/h4-9,12,21H,10H2,1-3H3,(H,22,23). The number of anilines is 1. The summed E-state index contributed by atoms with van der Waals surface area (Å²) in [6, 6.07) is 9.60. The van der Waals surface area contributed by atoms with Crippen LogP contribution in [0.5, 0.6) is 5.75 Å². The van der Waals surface area contributed by atoms with Crippen molar-refractivity contribution in [1.29, 1.82) is 0 Å². The quantitative estimate of drug-likeness (QED) is 0.825. The third-order valence-corrected chi connectivity index (χ3v) is 4.10. The molecule has 2 aromatic rings. The normalized spacial score (nSPS) is 11.9. The Labute approximate surface area is 146 Å². The Bertz CT molecular complexity index is 737. The maximum absolute atomic E-state index is 13.7. The smallest absolute Gasteiger partial charge is 0.238 e. The molecule has 2 N–H and O–H groups in total. The number of hydrogen-bond acceptors (Lipinski definition) is 3. The zero-order valence-electron chi connectivity index (χ0n) is 13.8. The minimum absolute atomic E-state index is 0.0420. The Balaban J connectivity index is 1.99. The second kappa shape index (κ2) is 8.13. The predicted molar refractivity (Wildman–Crippen MR) is 94.2 cm³/mol. The Morgan fingerprint density at radius 3 is 2.71 bits per heavy atom. The van der Waals surface area contributed by atoms with Gasteiger partial charge in [0.1, 0.15) is 11.6 Å². The van der Waals surface area contributed by atoms with Gasteiger partial charge in [-0.05, 0) is 31.5 Å². The van der Waals surface area contributed by atoms with E-state index in [0.717, 1.165) is 5.56 Å². The topological polar surface area (TPSA) is 50.4 Å². The van der Waals surface area contributed by atoms with Crippen molar-refractivity contribution in [2.24, 2.45) is 0 Å². The highest BCUT2D eigenvalue weighted by Gasteiger charge is 2.13. The molecule has 1 amide bonds. The molecule has 4 nitrogen and oxygen atoms in total. The summed E-state index contributed by atoms with van der Waals surface area (Å²) in [6.45, 7) is 3.69. The maximum atomic E-state index is 13.7. The van der Waals surface area contributed by atoms with E-state index in [4.69, 9.17) is 16.3 Å². The molecule has 0 aromatic heterocycles. The summed E-state index contributed by atoms with van der Waals surface area (Å²) in [4.78, 5) is 12.1. The van der Waals surface area contributed by atoms with E-state index in [0.29, 0.717) is 22.0 Å². The highest BCUT2D eigenvalue weighted by molar-refractivity contribution is 6.31. The number of amides is 1. The van der Waals surface area contributed by atoms with Crippen LogP contribution in [0.15, 0.2) is 36.4 Å². The van der Waals surface area contributed by atoms with Gasteiger partial charge in [-0.3, -0.25) is 4.79 Å². The number of carbonyl (C=O) groups excluding carboxylic acids is 1. The van der Waals surface area contributed by atoms with E-state index in [1.165, 1.54) is 13.2 Å². The van der Waals surface area contributed by atoms with Crippen LogP contribution >= 0.6 is 11.6 Å². The van der Waals surface area contributed by atoms with E-state index in [9.17, 15) is 9.18 Å². The van der Waals surface area contributed by atoms with Gasteiger partial charge in [0.05, 0.1) is 19.3 Å². The van der Waals surface area contributed by atoms with E-state index < -0.39 is 0 Å². The van der Waals surface area contributed by atoms with Crippen LogP contribution in [0.1, 0.15) is 24.1 Å². The van der Waals surface area contributed by atoms with E-state index in [2.05, 4.69) is 10.6 Å². The van der Waals surface area contributed by atoms with E-state index in [1.54, 1.807) is 37.3 Å². The van der Waals surface area contributed by atoms with Gasteiger partial charge < -0.3 is 15.4 Å². The predicted octanol–water partition coefficient (Wildman–Crippen LogP) is 4.09. The van der Waals surface area contributed by atoms with Crippen LogP contribution in [0.2, 0.25) is 5.02 Å². The lowest BCUT2D eigenvalue weighted by Crippen LogP contribution is -2.30. The van der Waals surface area contributed by atoms with Crippen LogP contribution in [-0.2, 0) is 4.79 Å². The van der Waals surface area contributed by atoms with Gasteiger partial charge in [0.2, 0.25) is 5.91 Å². The molecule has 0 heterocycles. The Morgan fingerprint density at radius 1 is 1.33 bits per heavy atom. The first kappa shape index (κ1) is 18.2. The molecule has 2 aromatic carbocycles. The van der Waals surface area contributed by atoms with Gasteiger partial charge in [0, 0.05) is 22.7 Å². The minimum Gasteiger partial charge on any atom is -0.495 e. The van der Waals surface area contributed by atoms with Crippen LogP contribution in [-0.4, -0.2) is 19.6 Å². The highest BCUT2D eigenvalue weighted by atomic mass is 35.5. The fourth-order valence-corrected chi connectivity index (χ4v) is 2.46. The fraction of sp³-hybridized carbons (Fsp3) is 0.278. The summed E-state index contributed by atoms with van der Waals surface area (Å²) < 4.78 is 18.9. The van der Waals surface area contributed by atoms with Crippen LogP contribution in [0.4, 0.5) is 10.1 Å². The molecule has 2 rings (SSSR count). The molecule has 0 fully saturated rings. The number of methoxy groups -OCH3 is 1. The molecule has 0 aliphatic carbocycles. The molecule has 0 aliphatic rings. The van der Waals surface area contributed by atoms with Gasteiger partial charge >= 0.3 is 0 Å². The Kier molecular flexibility index (Phi) is 6.17. The van der Waals surface area contributed by atoms with Gasteiger partial charge in [-0.15, -0.1) is 0 Å². The van der Waals surface area contributed by atoms with Crippen molar-refractivity contribution < 1.29 is 13.9 Å². The maximum Gasteiger partial charge on any atom is 0.238 e. The first-order chi connectivity index (χ1) is 11.4. The van der Waals surface area contributed by atoms with Crippen molar-refractivity contribution in [3.05, 3.63) is 58.4 Å². The molecule has 6 heteroatoms. The first-order valence-corrected chi connectivity index (χ1v) is 7.92. The third kappa shape index (κ3) is 4.46. The summed E-state index contributed by atoms with van der Waals surface area (Å²) >= 11 is 6.05. The number of aryl methyl sites for hydroxylation is 1. The largest absolute Gasteiger partial charge is 0.495 e. The summed E-state index contributed by atoms with van der Waals surface area (Å²) in [7, 11) is 1.51. The molecule has 128 valence electrons. The van der Waals surface area contributed by atoms with Crippen molar-refractivity contribution in [2.75, 3.05) is 19.0 Å².